The first-order valence-corrected chi connectivity index (χ1v) is 9.08. The summed E-state index contributed by atoms with van der Waals surface area (Å²) in [5, 5.41) is 11.1. The van der Waals surface area contributed by atoms with Crippen LogP contribution < -0.4 is 9.47 Å². The number of esters is 2. The van der Waals surface area contributed by atoms with Crippen molar-refractivity contribution in [2.24, 2.45) is 4.99 Å². The number of benzene rings is 2. The highest BCUT2D eigenvalue weighted by Gasteiger charge is 2.27. The van der Waals surface area contributed by atoms with Crippen molar-refractivity contribution in [3.8, 4) is 11.5 Å². The molecular weight excluding hydrogens is 416 g/mol. The molecule has 0 fully saturated rings. The van der Waals surface area contributed by atoms with E-state index in [4.69, 9.17) is 25.8 Å². The average Bonchev–Trinajstić information content (AvgIpc) is 3.04. The number of nitrogens with zero attached hydrogens (tertiary/aromatic N) is 2. The highest BCUT2D eigenvalue weighted by Crippen LogP contribution is 2.31. The van der Waals surface area contributed by atoms with Gasteiger partial charge in [0.1, 0.15) is 0 Å². The number of rotatable bonds is 6. The molecule has 10 heteroatoms. The van der Waals surface area contributed by atoms with Crippen molar-refractivity contribution in [3.63, 3.8) is 0 Å². The van der Waals surface area contributed by atoms with Crippen LogP contribution in [0.4, 0.5) is 5.69 Å². The Morgan fingerprint density at radius 3 is 2.70 bits per heavy atom. The molecule has 0 radical (unpaired) electrons. The first kappa shape index (κ1) is 21.0. The summed E-state index contributed by atoms with van der Waals surface area (Å²) in [6, 6.07) is 8.46. The third kappa shape index (κ3) is 4.64. The van der Waals surface area contributed by atoms with Crippen LogP contribution in [0, 0.1) is 10.1 Å². The van der Waals surface area contributed by atoms with E-state index in [-0.39, 0.29) is 33.6 Å². The van der Waals surface area contributed by atoms with Crippen molar-refractivity contribution >= 4 is 41.2 Å². The molecule has 0 bridgehead atoms. The standard InChI is InChI=1S/C20H15ClN2O7/c1-3-28-18-9-12(4-7-17(18)29-11(2)24)8-16-20(25)30-19(22-16)14-10-13(23(26)27)5-6-15(14)21/h4-10H,3H2,1-2H3. The molecule has 3 rings (SSSR count). The molecule has 30 heavy (non-hydrogen) atoms. The molecular formula is C20H15ClN2O7. The van der Waals surface area contributed by atoms with Gasteiger partial charge in [-0.2, -0.15) is 0 Å². The Bertz CT molecular complexity index is 1110. The number of cyclic esters (lactones) is 1. The van der Waals surface area contributed by atoms with Gasteiger partial charge in [0.05, 0.1) is 22.1 Å². The van der Waals surface area contributed by atoms with Crippen LogP contribution in [0.25, 0.3) is 6.08 Å². The third-order valence-electron chi connectivity index (χ3n) is 3.84. The fourth-order valence-corrected chi connectivity index (χ4v) is 2.79. The minimum atomic E-state index is -0.741. The second kappa shape index (κ2) is 8.75. The number of halogens is 1. The second-order valence-corrected chi connectivity index (χ2v) is 6.40. The minimum Gasteiger partial charge on any atom is -0.490 e. The number of carbonyl (C=O) groups is 2. The zero-order valence-electron chi connectivity index (χ0n) is 15.9. The van der Waals surface area contributed by atoms with Gasteiger partial charge in [-0.25, -0.2) is 9.79 Å². The summed E-state index contributed by atoms with van der Waals surface area (Å²) >= 11 is 6.08. The van der Waals surface area contributed by atoms with E-state index in [2.05, 4.69) is 4.99 Å². The number of ether oxygens (including phenoxy) is 3. The highest BCUT2D eigenvalue weighted by atomic mass is 35.5. The van der Waals surface area contributed by atoms with Gasteiger partial charge in [-0.1, -0.05) is 17.7 Å². The monoisotopic (exact) mass is 430 g/mol. The molecule has 0 aromatic heterocycles. The molecule has 154 valence electrons. The first-order chi connectivity index (χ1) is 14.3. The van der Waals surface area contributed by atoms with Crippen molar-refractivity contribution in [1.29, 1.82) is 0 Å². The Labute approximate surface area is 175 Å². The molecule has 0 saturated carbocycles. The van der Waals surface area contributed by atoms with E-state index in [1.165, 1.54) is 37.3 Å². The number of nitro benzene ring substituents is 1. The van der Waals surface area contributed by atoms with Crippen molar-refractivity contribution in [3.05, 3.63) is 68.4 Å². The summed E-state index contributed by atoms with van der Waals surface area (Å²) < 4.78 is 15.7. The quantitative estimate of drug-likeness (QED) is 0.224. The zero-order valence-corrected chi connectivity index (χ0v) is 16.6. The molecule has 0 aliphatic carbocycles. The van der Waals surface area contributed by atoms with Crippen LogP contribution in [0.15, 0.2) is 47.1 Å². The smallest absolute Gasteiger partial charge is 0.363 e. The van der Waals surface area contributed by atoms with E-state index >= 15 is 0 Å². The van der Waals surface area contributed by atoms with Gasteiger partial charge >= 0.3 is 11.9 Å². The van der Waals surface area contributed by atoms with Crippen LogP contribution in [0.2, 0.25) is 5.02 Å². The normalized spacial score (nSPS) is 14.3. The summed E-state index contributed by atoms with van der Waals surface area (Å²) in [6.07, 6.45) is 1.45. The van der Waals surface area contributed by atoms with E-state index < -0.39 is 16.9 Å². The Morgan fingerprint density at radius 2 is 2.03 bits per heavy atom. The van der Waals surface area contributed by atoms with Crippen LogP contribution in [-0.2, 0) is 14.3 Å². The maximum Gasteiger partial charge on any atom is 0.363 e. The van der Waals surface area contributed by atoms with Crippen LogP contribution in [-0.4, -0.2) is 29.4 Å². The third-order valence-corrected chi connectivity index (χ3v) is 4.17. The number of hydrogen-bond donors (Lipinski definition) is 0. The molecule has 0 spiro atoms. The summed E-state index contributed by atoms with van der Waals surface area (Å²) in [4.78, 5) is 38.0. The summed E-state index contributed by atoms with van der Waals surface area (Å²) in [6.45, 7) is 3.38. The fraction of sp³-hybridized carbons (Fsp3) is 0.150. The Balaban J connectivity index is 1.96. The van der Waals surface area contributed by atoms with Crippen LogP contribution in [0.5, 0.6) is 11.5 Å². The zero-order chi connectivity index (χ0) is 21.8. The number of nitro groups is 1. The molecule has 0 N–H and O–H groups in total. The number of hydrogen-bond acceptors (Lipinski definition) is 8. The molecule has 0 saturated heterocycles. The van der Waals surface area contributed by atoms with Gasteiger partial charge in [-0.15, -0.1) is 0 Å². The largest absolute Gasteiger partial charge is 0.490 e. The second-order valence-electron chi connectivity index (χ2n) is 5.99. The molecule has 0 atom stereocenters. The van der Waals surface area contributed by atoms with Gasteiger partial charge in [-0.05, 0) is 36.8 Å². The maximum absolute atomic E-state index is 12.2. The number of carbonyl (C=O) groups excluding carboxylic acids is 2. The first-order valence-electron chi connectivity index (χ1n) is 8.70. The minimum absolute atomic E-state index is 0.0322. The lowest BCUT2D eigenvalue weighted by atomic mass is 10.1. The van der Waals surface area contributed by atoms with Crippen LogP contribution >= 0.6 is 11.6 Å². The molecule has 9 nitrogen and oxygen atoms in total. The average molecular weight is 431 g/mol. The lowest BCUT2D eigenvalue weighted by Gasteiger charge is -2.10. The summed E-state index contributed by atoms with van der Waals surface area (Å²) in [7, 11) is 0. The SMILES string of the molecule is CCOc1cc(C=C2N=C(c3cc([N+](=O)[O-])ccc3Cl)OC2=O)ccc1OC(C)=O. The predicted molar refractivity (Wildman–Crippen MR) is 108 cm³/mol. The number of non-ortho nitro benzene ring substituents is 1. The van der Waals surface area contributed by atoms with E-state index in [0.717, 1.165) is 0 Å². The molecule has 0 unspecified atom stereocenters. The van der Waals surface area contributed by atoms with Gasteiger partial charge in [0.25, 0.3) is 5.69 Å². The topological polar surface area (TPSA) is 117 Å². The maximum atomic E-state index is 12.2. The Hall–Kier alpha value is -3.72. The molecule has 1 heterocycles. The van der Waals surface area contributed by atoms with Gasteiger partial charge in [0.15, 0.2) is 17.2 Å². The predicted octanol–water partition coefficient (Wildman–Crippen LogP) is 3.92. The fourth-order valence-electron chi connectivity index (χ4n) is 2.59. The Morgan fingerprint density at radius 1 is 1.27 bits per heavy atom. The van der Waals surface area contributed by atoms with Crippen molar-refractivity contribution < 1.29 is 28.7 Å². The van der Waals surface area contributed by atoms with Gasteiger partial charge in [-0.3, -0.25) is 14.9 Å². The van der Waals surface area contributed by atoms with Crippen LogP contribution in [0.3, 0.4) is 0 Å². The molecule has 2 aromatic rings. The van der Waals surface area contributed by atoms with Crippen molar-refractivity contribution in [2.45, 2.75) is 13.8 Å². The van der Waals surface area contributed by atoms with Crippen molar-refractivity contribution in [2.75, 3.05) is 6.61 Å². The van der Waals surface area contributed by atoms with Gasteiger partial charge in [0.2, 0.25) is 5.90 Å². The van der Waals surface area contributed by atoms with Crippen molar-refractivity contribution in [1.82, 2.24) is 0 Å². The van der Waals surface area contributed by atoms with Crippen LogP contribution in [0.1, 0.15) is 25.0 Å². The van der Waals surface area contributed by atoms with Gasteiger partial charge < -0.3 is 14.2 Å². The molecule has 1 aliphatic heterocycles. The highest BCUT2D eigenvalue weighted by molar-refractivity contribution is 6.34. The number of aliphatic imine (C=N–C) groups is 1. The lowest BCUT2D eigenvalue weighted by molar-refractivity contribution is -0.384. The van der Waals surface area contributed by atoms with E-state index in [9.17, 15) is 19.7 Å². The van der Waals surface area contributed by atoms with E-state index in [1.807, 2.05) is 0 Å². The summed E-state index contributed by atoms with van der Waals surface area (Å²) in [5.74, 6) is -0.812. The molecule has 1 aliphatic rings. The Kier molecular flexibility index (Phi) is 6.12. The lowest BCUT2D eigenvalue weighted by Crippen LogP contribution is -2.06. The molecule has 2 aromatic carbocycles. The van der Waals surface area contributed by atoms with E-state index in [1.54, 1.807) is 19.1 Å². The molecule has 0 amide bonds. The summed E-state index contributed by atoms with van der Waals surface area (Å²) in [5.41, 5.74) is 0.419. The van der Waals surface area contributed by atoms with Gasteiger partial charge in [0, 0.05) is 19.1 Å². The van der Waals surface area contributed by atoms with E-state index in [0.29, 0.717) is 17.9 Å².